The van der Waals surface area contributed by atoms with E-state index in [1.807, 2.05) is 40.7 Å². The number of rotatable bonds is 6. The Morgan fingerprint density at radius 1 is 0.939 bits per heavy atom. The first kappa shape index (κ1) is 21.0. The van der Waals surface area contributed by atoms with Crippen LogP contribution in [-0.4, -0.2) is 16.5 Å². The number of thiol groups is 1. The van der Waals surface area contributed by atoms with Crippen LogP contribution in [0.25, 0.3) is 16.8 Å². The van der Waals surface area contributed by atoms with E-state index in [1.54, 1.807) is 18.5 Å². The first-order valence-electron chi connectivity index (χ1n) is 10.6. The molecule has 0 radical (unpaired) electrons. The lowest BCUT2D eigenvalue weighted by Crippen LogP contribution is -2.04. The average molecular weight is 456 g/mol. The van der Waals surface area contributed by atoms with Crippen molar-refractivity contribution in [2.45, 2.75) is 6.42 Å². The third-order valence-corrected chi connectivity index (χ3v) is 5.94. The number of aromatic nitrogens is 2. The molecule has 33 heavy (non-hydrogen) atoms. The monoisotopic (exact) mass is 455 g/mol. The van der Waals surface area contributed by atoms with Gasteiger partial charge in [0.1, 0.15) is 5.82 Å². The highest BCUT2D eigenvalue weighted by Crippen LogP contribution is 2.32. The first-order chi connectivity index (χ1) is 16.0. The molecule has 2 heterocycles. The fourth-order valence-corrected chi connectivity index (χ4v) is 4.13. The van der Waals surface area contributed by atoms with Crippen molar-refractivity contribution in [1.29, 1.82) is 0 Å². The molecule has 5 nitrogen and oxygen atoms in total. The van der Waals surface area contributed by atoms with Crippen LogP contribution in [0.2, 0.25) is 0 Å². The molecular formula is C26H22FN5S. The van der Waals surface area contributed by atoms with Gasteiger partial charge in [-0.1, -0.05) is 43.7 Å². The predicted molar refractivity (Wildman–Crippen MR) is 136 cm³/mol. The Labute approximate surface area is 197 Å². The van der Waals surface area contributed by atoms with Crippen LogP contribution in [0.3, 0.4) is 0 Å². The molecule has 0 aliphatic carbocycles. The van der Waals surface area contributed by atoms with Crippen molar-refractivity contribution in [3.63, 3.8) is 0 Å². The Hall–Kier alpha value is -3.84. The summed E-state index contributed by atoms with van der Waals surface area (Å²) in [6.45, 7) is 5.12. The molecule has 1 aliphatic rings. The third kappa shape index (κ3) is 4.68. The molecule has 4 aromatic rings. The van der Waals surface area contributed by atoms with Gasteiger partial charge in [-0.2, -0.15) is 0 Å². The normalized spacial score (nSPS) is 12.4. The average Bonchev–Trinajstić information content (AvgIpc) is 3.20. The molecule has 3 aromatic carbocycles. The van der Waals surface area contributed by atoms with Crippen LogP contribution in [0, 0.1) is 5.82 Å². The second-order valence-electron chi connectivity index (χ2n) is 7.83. The van der Waals surface area contributed by atoms with Crippen molar-refractivity contribution < 1.29 is 4.39 Å². The first-order valence-corrected chi connectivity index (χ1v) is 11.0. The summed E-state index contributed by atoms with van der Waals surface area (Å²) in [5, 5.41) is 6.61. The quantitative estimate of drug-likeness (QED) is 0.297. The van der Waals surface area contributed by atoms with E-state index < -0.39 is 0 Å². The van der Waals surface area contributed by atoms with Crippen LogP contribution in [0.15, 0.2) is 85.7 Å². The summed E-state index contributed by atoms with van der Waals surface area (Å²) in [5.41, 5.74) is 7.50. The molecule has 2 N–H and O–H groups in total. The zero-order chi connectivity index (χ0) is 22.8. The summed E-state index contributed by atoms with van der Waals surface area (Å²) in [6, 6.07) is 20.5. The Morgan fingerprint density at radius 2 is 1.76 bits per heavy atom. The Bertz CT molecular complexity index is 1320. The maximum Gasteiger partial charge on any atom is 0.227 e. The van der Waals surface area contributed by atoms with E-state index in [0.717, 1.165) is 52.4 Å². The van der Waals surface area contributed by atoms with Crippen molar-refractivity contribution in [3.8, 4) is 11.1 Å². The van der Waals surface area contributed by atoms with Gasteiger partial charge in [-0.25, -0.2) is 14.4 Å². The highest BCUT2D eigenvalue weighted by atomic mass is 32.1. The number of nitrogens with zero attached hydrogens (tertiary/aromatic N) is 3. The number of halogens is 1. The Balaban J connectivity index is 1.28. The van der Waals surface area contributed by atoms with Crippen LogP contribution in [0.4, 0.5) is 27.4 Å². The molecule has 0 atom stereocenters. The summed E-state index contributed by atoms with van der Waals surface area (Å²) in [6.07, 6.45) is 4.33. The summed E-state index contributed by atoms with van der Waals surface area (Å²) >= 11 is 4.48. The van der Waals surface area contributed by atoms with Crippen LogP contribution in [-0.2, 0) is 6.42 Å². The van der Waals surface area contributed by atoms with Gasteiger partial charge in [-0.3, -0.25) is 0 Å². The van der Waals surface area contributed by atoms with Gasteiger partial charge in [0, 0.05) is 41.6 Å². The number of nitrogens with one attached hydrogen (secondary N) is 2. The molecule has 1 aliphatic heterocycles. The van der Waals surface area contributed by atoms with Gasteiger partial charge in [0.05, 0.1) is 5.69 Å². The lowest BCUT2D eigenvalue weighted by Gasteiger charge is -2.14. The minimum absolute atomic E-state index is 0.288. The zero-order valence-corrected chi connectivity index (χ0v) is 18.7. The summed E-state index contributed by atoms with van der Waals surface area (Å²) in [4.78, 5) is 8.74. The number of benzene rings is 3. The van der Waals surface area contributed by atoms with Crippen LogP contribution < -0.4 is 14.9 Å². The second-order valence-corrected chi connectivity index (χ2v) is 8.31. The number of anilines is 4. The summed E-state index contributed by atoms with van der Waals surface area (Å²) in [7, 11) is 0. The van der Waals surface area contributed by atoms with E-state index in [1.165, 1.54) is 17.7 Å². The van der Waals surface area contributed by atoms with Crippen LogP contribution >= 0.6 is 12.8 Å². The predicted octanol–water partition coefficient (Wildman–Crippen LogP) is 6.32. The molecule has 0 bridgehead atoms. The van der Waals surface area contributed by atoms with Crippen molar-refractivity contribution >= 4 is 41.5 Å². The Kier molecular flexibility index (Phi) is 5.71. The highest BCUT2D eigenvalue weighted by molar-refractivity contribution is 7.81. The maximum atomic E-state index is 13.5. The molecule has 0 fully saturated rings. The molecule has 164 valence electrons. The number of fused-ring (bicyclic) bond motifs is 1. The fourth-order valence-electron chi connectivity index (χ4n) is 3.83. The van der Waals surface area contributed by atoms with E-state index in [0.29, 0.717) is 5.95 Å². The lowest BCUT2D eigenvalue weighted by atomic mass is 10.1. The minimum atomic E-state index is -0.288. The van der Waals surface area contributed by atoms with Gasteiger partial charge in [-0.05, 0) is 65.6 Å². The summed E-state index contributed by atoms with van der Waals surface area (Å²) < 4.78 is 15.4. The van der Waals surface area contributed by atoms with Crippen LogP contribution in [0.5, 0.6) is 0 Å². The highest BCUT2D eigenvalue weighted by Gasteiger charge is 2.16. The number of hydrogen-bond acceptors (Lipinski definition) is 6. The minimum Gasteiger partial charge on any atom is -0.356 e. The largest absolute Gasteiger partial charge is 0.356 e. The third-order valence-electron chi connectivity index (χ3n) is 5.52. The maximum absolute atomic E-state index is 13.5. The molecule has 1 aromatic heterocycles. The molecule has 0 saturated heterocycles. The van der Waals surface area contributed by atoms with Crippen molar-refractivity contribution in [2.75, 3.05) is 21.5 Å². The van der Waals surface area contributed by atoms with E-state index in [-0.39, 0.29) is 5.82 Å². The second kappa shape index (κ2) is 8.96. The Morgan fingerprint density at radius 3 is 2.58 bits per heavy atom. The van der Waals surface area contributed by atoms with Crippen LogP contribution in [0.1, 0.15) is 11.1 Å². The van der Waals surface area contributed by atoms with Crippen molar-refractivity contribution in [1.82, 2.24) is 9.97 Å². The van der Waals surface area contributed by atoms with E-state index in [2.05, 4.69) is 52.1 Å². The van der Waals surface area contributed by atoms with Gasteiger partial charge in [0.15, 0.2) is 0 Å². The SMILES string of the molecule is C=C(Nc1ccc2c(c1)CCN2S)c1cccc(Nc2ncc(-c3cccc(F)c3)cn2)c1. The zero-order valence-electron chi connectivity index (χ0n) is 17.8. The van der Waals surface area contributed by atoms with Gasteiger partial charge in [-0.15, -0.1) is 0 Å². The molecule has 0 saturated carbocycles. The van der Waals surface area contributed by atoms with Crippen molar-refractivity contribution in [3.05, 3.63) is 103 Å². The van der Waals surface area contributed by atoms with Crippen molar-refractivity contribution in [2.24, 2.45) is 0 Å². The van der Waals surface area contributed by atoms with Gasteiger partial charge >= 0.3 is 0 Å². The molecular weight excluding hydrogens is 433 g/mol. The topological polar surface area (TPSA) is 53.1 Å². The van der Waals surface area contributed by atoms with E-state index >= 15 is 0 Å². The van der Waals surface area contributed by atoms with Gasteiger partial charge in [0.25, 0.3) is 0 Å². The molecule has 0 unspecified atom stereocenters. The molecule has 0 amide bonds. The molecule has 7 heteroatoms. The van der Waals surface area contributed by atoms with Gasteiger partial charge < -0.3 is 14.9 Å². The standard InChI is InChI=1S/C26H22FN5S/c1-17(30-24-8-9-25-20(14-24)10-11-32(25)33)18-4-3-7-23(13-18)31-26-28-15-21(16-29-26)19-5-2-6-22(27)12-19/h2-9,12-16,30,33H,1,10-11H2,(H,28,29,31). The number of hydrogen-bond donors (Lipinski definition) is 3. The van der Waals surface area contributed by atoms with Gasteiger partial charge in [0.2, 0.25) is 5.95 Å². The molecule has 5 rings (SSSR count). The summed E-state index contributed by atoms with van der Waals surface area (Å²) in [5.74, 6) is 0.171. The lowest BCUT2D eigenvalue weighted by molar-refractivity contribution is 0.628. The smallest absolute Gasteiger partial charge is 0.227 e. The fraction of sp³-hybridized carbons (Fsp3) is 0.0769. The van der Waals surface area contributed by atoms with E-state index in [9.17, 15) is 4.39 Å². The molecule has 0 spiro atoms. The van der Waals surface area contributed by atoms with E-state index in [4.69, 9.17) is 0 Å².